The lowest BCUT2D eigenvalue weighted by molar-refractivity contribution is -0.124. The molecule has 2 aromatic carbocycles. The topological polar surface area (TPSA) is 139 Å². The predicted molar refractivity (Wildman–Crippen MR) is 162 cm³/mol. The molecule has 3 aromatic rings. The number of aromatic nitrogens is 1. The Morgan fingerprint density at radius 3 is 2.55 bits per heavy atom. The highest BCUT2D eigenvalue weighted by molar-refractivity contribution is 6.67. The van der Waals surface area contributed by atoms with E-state index in [0.29, 0.717) is 10.9 Å². The number of fused-ring (bicyclic) bond motifs is 1. The number of anilines is 1. The second kappa shape index (κ2) is 13.2. The van der Waals surface area contributed by atoms with Gasteiger partial charge in [-0.2, -0.15) is 0 Å². The molecule has 0 saturated carbocycles. The summed E-state index contributed by atoms with van der Waals surface area (Å²) in [6.45, 7) is -2.12. The first-order valence-electron chi connectivity index (χ1n) is 12.9. The number of hydrogen-bond donors (Lipinski definition) is 3. The number of primary amides is 1. The number of nitrogens with one attached hydrogen (secondary N) is 2. The van der Waals surface area contributed by atoms with Crippen LogP contribution in [0.15, 0.2) is 48.7 Å². The van der Waals surface area contributed by atoms with Gasteiger partial charge in [-0.25, -0.2) is 23.2 Å². The van der Waals surface area contributed by atoms with E-state index in [1.54, 1.807) is 24.3 Å². The van der Waals surface area contributed by atoms with Crippen LogP contribution in [0.5, 0.6) is 0 Å². The molecular weight excluding hydrogens is 668 g/mol. The van der Waals surface area contributed by atoms with E-state index in [-0.39, 0.29) is 22.8 Å². The monoisotopic (exact) mass is 692 g/mol. The van der Waals surface area contributed by atoms with E-state index in [1.807, 2.05) is 0 Å². The average molecular weight is 694 g/mol. The summed E-state index contributed by atoms with van der Waals surface area (Å²) in [7, 11) is 1.24. The first kappa shape index (κ1) is 33.4. The average Bonchev–Trinajstić information content (AvgIpc) is 3.50. The van der Waals surface area contributed by atoms with Gasteiger partial charge in [0.25, 0.3) is 0 Å². The summed E-state index contributed by atoms with van der Waals surface area (Å²) < 4.78 is 34.9. The molecule has 1 fully saturated rings. The summed E-state index contributed by atoms with van der Waals surface area (Å²) >= 11 is 22.7. The molecule has 4 rings (SSSR count). The van der Waals surface area contributed by atoms with E-state index >= 15 is 4.39 Å². The van der Waals surface area contributed by atoms with Crippen LogP contribution in [0.1, 0.15) is 12.0 Å². The molecule has 5 amide bonds. The molecule has 44 heavy (non-hydrogen) atoms. The molecule has 2 atom stereocenters. The zero-order valence-corrected chi connectivity index (χ0v) is 26.0. The van der Waals surface area contributed by atoms with Crippen LogP contribution in [-0.4, -0.2) is 80.7 Å². The summed E-state index contributed by atoms with van der Waals surface area (Å²) in [5, 5.41) is 5.44. The van der Waals surface area contributed by atoms with Crippen molar-refractivity contribution in [1.29, 1.82) is 0 Å². The molecule has 2 heterocycles. The van der Waals surface area contributed by atoms with Crippen LogP contribution in [0.2, 0.25) is 5.02 Å². The van der Waals surface area contributed by atoms with Crippen molar-refractivity contribution in [3.8, 4) is 0 Å². The van der Waals surface area contributed by atoms with Crippen molar-refractivity contribution in [3.05, 3.63) is 65.1 Å². The van der Waals surface area contributed by atoms with Gasteiger partial charge in [0.1, 0.15) is 24.1 Å². The van der Waals surface area contributed by atoms with E-state index in [4.69, 9.17) is 56.9 Å². The lowest BCUT2D eigenvalue weighted by atomic mass is 10.0. The summed E-state index contributed by atoms with van der Waals surface area (Å²) in [5.74, 6) is -1.53. The third-order valence-corrected chi connectivity index (χ3v) is 7.44. The predicted octanol–water partition coefficient (Wildman–Crippen LogP) is 5.43. The number of nitrogens with zero attached hydrogens (tertiary/aromatic N) is 3. The van der Waals surface area contributed by atoms with Crippen molar-refractivity contribution in [1.82, 2.24) is 19.7 Å². The van der Waals surface area contributed by atoms with Gasteiger partial charge in [-0.1, -0.05) is 76.7 Å². The fraction of sp³-hybridized carbons (Fsp3) is 0.333. The Bertz CT molecular complexity index is 1600. The maximum Gasteiger partial charge on any atom is 0.409 e. The minimum absolute atomic E-state index is 0.0713. The number of halogens is 6. The van der Waals surface area contributed by atoms with Crippen LogP contribution in [0.3, 0.4) is 0 Å². The van der Waals surface area contributed by atoms with Gasteiger partial charge in [-0.3, -0.25) is 9.36 Å². The zero-order valence-electron chi connectivity index (χ0n) is 23.0. The standard InChI is InChI=1S/C27H26Cl4F2N6O5/c1-37(25(43)44-14-27(29,30)31)12-26(33)9-20(22(40)35-10-15-5-4-7-17(28)21(15)32)39(13-26)24(42)36-18-11-38(23(34)41)19-8-3-2-6-16(18)19/h2-8,11,20H,9-10,12-14H2,1H3,(H2,34,41)(H,35,40)(H,36,42)/t20-,26-/m0/s1. The number of rotatable bonds is 7. The number of nitrogens with two attached hydrogens (primary N) is 1. The second-order valence-electron chi connectivity index (χ2n) is 10.2. The van der Waals surface area contributed by atoms with Gasteiger partial charge >= 0.3 is 18.2 Å². The van der Waals surface area contributed by atoms with Crippen molar-refractivity contribution in [2.24, 2.45) is 5.73 Å². The Hall–Kier alpha value is -3.52. The fourth-order valence-corrected chi connectivity index (χ4v) is 5.23. The van der Waals surface area contributed by atoms with Crippen molar-refractivity contribution in [2.75, 3.05) is 32.1 Å². The highest BCUT2D eigenvalue weighted by Crippen LogP contribution is 2.34. The molecule has 11 nitrogen and oxygen atoms in total. The molecular formula is C27H26Cl4F2N6O5. The SMILES string of the molecule is CN(C[C@@]1(F)C[C@@H](C(=O)NCc2cccc(Cl)c2F)N(C(=O)Nc2cn(C(N)=O)c3ccccc23)C1)C(=O)OCC(Cl)(Cl)Cl. The number of para-hydroxylation sites is 1. The number of amides is 5. The number of hydrogen-bond acceptors (Lipinski definition) is 5. The van der Waals surface area contributed by atoms with Gasteiger partial charge in [0.15, 0.2) is 0 Å². The van der Waals surface area contributed by atoms with Gasteiger partial charge < -0.3 is 30.9 Å². The van der Waals surface area contributed by atoms with Gasteiger partial charge in [-0.05, 0) is 12.1 Å². The normalized spacial score (nSPS) is 18.2. The number of benzene rings is 2. The second-order valence-corrected chi connectivity index (χ2v) is 13.1. The van der Waals surface area contributed by atoms with E-state index in [2.05, 4.69) is 10.6 Å². The first-order valence-corrected chi connectivity index (χ1v) is 14.4. The van der Waals surface area contributed by atoms with Crippen LogP contribution in [-0.2, 0) is 16.1 Å². The molecule has 0 radical (unpaired) electrons. The summed E-state index contributed by atoms with van der Waals surface area (Å²) in [4.78, 5) is 53.1. The van der Waals surface area contributed by atoms with Crippen molar-refractivity contribution < 1.29 is 32.7 Å². The molecule has 0 spiro atoms. The highest BCUT2D eigenvalue weighted by atomic mass is 35.6. The number of urea groups is 1. The Kier molecular flexibility index (Phi) is 10.0. The van der Waals surface area contributed by atoms with Gasteiger partial charge in [0.2, 0.25) is 9.70 Å². The van der Waals surface area contributed by atoms with E-state index < -0.39 is 71.5 Å². The summed E-state index contributed by atoms with van der Waals surface area (Å²) in [5.41, 5.74) is 3.82. The molecule has 1 aromatic heterocycles. The minimum Gasteiger partial charge on any atom is -0.445 e. The van der Waals surface area contributed by atoms with Crippen molar-refractivity contribution in [3.63, 3.8) is 0 Å². The van der Waals surface area contributed by atoms with Gasteiger partial charge in [0, 0.05) is 37.2 Å². The van der Waals surface area contributed by atoms with Crippen molar-refractivity contribution in [2.45, 2.75) is 28.5 Å². The van der Waals surface area contributed by atoms with E-state index in [0.717, 1.165) is 14.4 Å². The van der Waals surface area contributed by atoms with Crippen LogP contribution in [0, 0.1) is 5.82 Å². The molecule has 0 unspecified atom stereocenters. The number of carbonyl (C=O) groups excluding carboxylic acids is 4. The summed E-state index contributed by atoms with van der Waals surface area (Å²) in [6.07, 6.45) is -0.238. The van der Waals surface area contributed by atoms with Crippen LogP contribution in [0.4, 0.5) is 28.9 Å². The van der Waals surface area contributed by atoms with Crippen LogP contribution >= 0.6 is 46.4 Å². The Morgan fingerprint density at radius 2 is 1.86 bits per heavy atom. The summed E-state index contributed by atoms with van der Waals surface area (Å²) in [6, 6.07) is 7.76. The van der Waals surface area contributed by atoms with E-state index in [1.165, 1.54) is 31.4 Å². The molecule has 236 valence electrons. The number of carbonyl (C=O) groups is 4. The van der Waals surface area contributed by atoms with Gasteiger partial charge in [0.05, 0.1) is 29.3 Å². The molecule has 4 N–H and O–H groups in total. The van der Waals surface area contributed by atoms with Crippen LogP contribution in [0.25, 0.3) is 10.9 Å². The molecule has 0 aliphatic carbocycles. The third-order valence-electron chi connectivity index (χ3n) is 6.82. The van der Waals surface area contributed by atoms with Gasteiger partial charge in [-0.15, -0.1) is 0 Å². The minimum atomic E-state index is -2.30. The Labute approximate surface area is 270 Å². The highest BCUT2D eigenvalue weighted by Gasteiger charge is 2.50. The first-order chi connectivity index (χ1) is 20.6. The number of ether oxygens (including phenoxy) is 1. The molecule has 17 heteroatoms. The maximum absolute atomic E-state index is 16.3. The smallest absolute Gasteiger partial charge is 0.409 e. The number of alkyl halides is 4. The maximum atomic E-state index is 16.3. The Balaban J connectivity index is 1.57. The molecule has 1 saturated heterocycles. The Morgan fingerprint density at radius 1 is 1.16 bits per heavy atom. The lowest BCUT2D eigenvalue weighted by Crippen LogP contribution is -2.47. The molecule has 1 aliphatic heterocycles. The molecule has 0 bridgehead atoms. The lowest BCUT2D eigenvalue weighted by Gasteiger charge is -2.27. The largest absolute Gasteiger partial charge is 0.445 e. The zero-order chi connectivity index (χ0) is 32.4. The molecule has 1 aliphatic rings. The number of likely N-dealkylation sites (tertiary alicyclic amines) is 1. The quantitative estimate of drug-likeness (QED) is 0.283. The van der Waals surface area contributed by atoms with E-state index in [9.17, 15) is 23.6 Å². The van der Waals surface area contributed by atoms with Crippen LogP contribution < -0.4 is 16.4 Å². The van der Waals surface area contributed by atoms with Crippen molar-refractivity contribution >= 4 is 87.1 Å². The fourth-order valence-electron chi connectivity index (χ4n) is 4.88. The third kappa shape index (κ3) is 7.76.